The number of hydrogen-bond donors (Lipinski definition) is 2. The number of fused-ring (bicyclic) bond motifs is 2. The molecule has 5 nitrogen and oxygen atoms in total. The van der Waals surface area contributed by atoms with Crippen LogP contribution in [0.15, 0.2) is 24.3 Å². The van der Waals surface area contributed by atoms with Gasteiger partial charge in [-0.1, -0.05) is 18.2 Å². The number of ether oxygens (including phenoxy) is 1. The molecule has 0 aliphatic carbocycles. The molecule has 23 heavy (non-hydrogen) atoms. The van der Waals surface area contributed by atoms with E-state index < -0.39 is 0 Å². The molecule has 4 rings (SSSR count). The molecule has 0 bridgehead atoms. The second kappa shape index (κ2) is 5.98. The molecule has 0 saturated carbocycles. The summed E-state index contributed by atoms with van der Waals surface area (Å²) >= 11 is 0. The lowest BCUT2D eigenvalue weighted by molar-refractivity contribution is -0.0461. The van der Waals surface area contributed by atoms with Crippen LogP contribution in [-0.2, 0) is 4.74 Å². The molecule has 3 heterocycles. The van der Waals surface area contributed by atoms with E-state index in [0.717, 1.165) is 35.3 Å². The van der Waals surface area contributed by atoms with Crippen molar-refractivity contribution >= 4 is 16.8 Å². The molecule has 1 aromatic heterocycles. The third kappa shape index (κ3) is 2.75. The maximum absolute atomic E-state index is 12.6. The first-order chi connectivity index (χ1) is 11.2. The predicted molar refractivity (Wildman–Crippen MR) is 89.7 cm³/mol. The maximum atomic E-state index is 12.6. The standard InChI is InChI=1S/C18H23N3O2/c1-12-17(15-6-2-3-7-16(15)20-12)18(22)19-9-14-10-21-8-4-5-13(21)11-23-14/h2-3,6-7,13-14,20H,4-5,8-11H2,1H3,(H,19,22)/t13-,14-/m0/s1. The van der Waals surface area contributed by atoms with E-state index >= 15 is 0 Å². The van der Waals surface area contributed by atoms with E-state index in [-0.39, 0.29) is 12.0 Å². The summed E-state index contributed by atoms with van der Waals surface area (Å²) in [4.78, 5) is 18.4. The molecule has 2 fully saturated rings. The minimum atomic E-state index is -0.0212. The highest BCUT2D eigenvalue weighted by Gasteiger charge is 2.32. The zero-order chi connectivity index (χ0) is 15.8. The fourth-order valence-corrected chi connectivity index (χ4v) is 3.87. The summed E-state index contributed by atoms with van der Waals surface area (Å²) in [5.74, 6) is -0.0212. The molecule has 2 aromatic rings. The maximum Gasteiger partial charge on any atom is 0.253 e. The van der Waals surface area contributed by atoms with E-state index in [0.29, 0.717) is 12.6 Å². The number of aromatic nitrogens is 1. The first-order valence-corrected chi connectivity index (χ1v) is 8.43. The molecular weight excluding hydrogens is 290 g/mol. The Morgan fingerprint density at radius 1 is 1.43 bits per heavy atom. The van der Waals surface area contributed by atoms with Gasteiger partial charge in [-0.25, -0.2) is 0 Å². The first-order valence-electron chi connectivity index (χ1n) is 8.43. The Morgan fingerprint density at radius 2 is 2.30 bits per heavy atom. The van der Waals surface area contributed by atoms with Crippen molar-refractivity contribution in [2.75, 3.05) is 26.2 Å². The second-order valence-corrected chi connectivity index (χ2v) is 6.63. The normalized spacial score (nSPS) is 24.7. The number of aromatic amines is 1. The Labute approximate surface area is 136 Å². The van der Waals surface area contributed by atoms with Crippen LogP contribution in [0, 0.1) is 6.92 Å². The second-order valence-electron chi connectivity index (χ2n) is 6.63. The van der Waals surface area contributed by atoms with Crippen LogP contribution in [0.3, 0.4) is 0 Å². The van der Waals surface area contributed by atoms with Gasteiger partial charge in [0.25, 0.3) is 5.91 Å². The molecule has 1 amide bonds. The minimum Gasteiger partial charge on any atom is -0.373 e. The van der Waals surface area contributed by atoms with Crippen molar-refractivity contribution in [1.29, 1.82) is 0 Å². The van der Waals surface area contributed by atoms with Crippen LogP contribution in [0.5, 0.6) is 0 Å². The molecule has 2 aliphatic heterocycles. The van der Waals surface area contributed by atoms with Gasteiger partial charge in [-0.05, 0) is 32.4 Å². The van der Waals surface area contributed by atoms with E-state index in [1.54, 1.807) is 0 Å². The van der Waals surface area contributed by atoms with Gasteiger partial charge in [-0.15, -0.1) is 0 Å². The van der Waals surface area contributed by atoms with Gasteiger partial charge in [0.05, 0.1) is 18.3 Å². The SMILES string of the molecule is Cc1[nH]c2ccccc2c1C(=O)NC[C@H]1CN2CCC[C@H]2CO1. The van der Waals surface area contributed by atoms with Crippen LogP contribution < -0.4 is 5.32 Å². The quantitative estimate of drug-likeness (QED) is 0.912. The first kappa shape index (κ1) is 14.7. The molecule has 2 saturated heterocycles. The van der Waals surface area contributed by atoms with Gasteiger partial charge >= 0.3 is 0 Å². The lowest BCUT2D eigenvalue weighted by Gasteiger charge is -2.35. The summed E-state index contributed by atoms with van der Waals surface area (Å²) in [6, 6.07) is 8.51. The average molecular weight is 313 g/mol. The summed E-state index contributed by atoms with van der Waals surface area (Å²) in [5, 5.41) is 4.04. The van der Waals surface area contributed by atoms with Gasteiger partial charge in [0.15, 0.2) is 0 Å². The summed E-state index contributed by atoms with van der Waals surface area (Å²) in [6.07, 6.45) is 2.61. The van der Waals surface area contributed by atoms with Crippen molar-refractivity contribution < 1.29 is 9.53 Å². The van der Waals surface area contributed by atoms with Gasteiger partial charge in [-0.3, -0.25) is 9.69 Å². The summed E-state index contributed by atoms with van der Waals surface area (Å²) in [5.41, 5.74) is 2.66. The molecule has 0 radical (unpaired) electrons. The van der Waals surface area contributed by atoms with Gasteiger partial charge in [0, 0.05) is 35.7 Å². The zero-order valence-corrected chi connectivity index (χ0v) is 13.5. The highest BCUT2D eigenvalue weighted by Crippen LogP contribution is 2.23. The average Bonchev–Trinajstić information content (AvgIpc) is 3.15. The number of aryl methyl sites for hydroxylation is 1. The molecular formula is C18H23N3O2. The molecule has 2 atom stereocenters. The Kier molecular flexibility index (Phi) is 3.83. The van der Waals surface area contributed by atoms with Gasteiger partial charge < -0.3 is 15.0 Å². The summed E-state index contributed by atoms with van der Waals surface area (Å²) < 4.78 is 5.91. The number of morpholine rings is 1. The van der Waals surface area contributed by atoms with Crippen molar-refractivity contribution in [1.82, 2.24) is 15.2 Å². The van der Waals surface area contributed by atoms with E-state index in [9.17, 15) is 4.79 Å². The largest absolute Gasteiger partial charge is 0.373 e. The number of para-hydroxylation sites is 1. The van der Waals surface area contributed by atoms with E-state index in [1.807, 2.05) is 31.2 Å². The van der Waals surface area contributed by atoms with Crippen LogP contribution in [-0.4, -0.2) is 54.2 Å². The number of H-pyrrole nitrogens is 1. The summed E-state index contributed by atoms with van der Waals surface area (Å²) in [6.45, 7) is 5.41. The number of carbonyl (C=O) groups is 1. The monoisotopic (exact) mass is 313 g/mol. The fraction of sp³-hybridized carbons (Fsp3) is 0.500. The molecule has 2 aliphatic rings. The Hall–Kier alpha value is -1.85. The Balaban J connectivity index is 1.42. The number of carbonyl (C=O) groups excluding carboxylic acids is 1. The van der Waals surface area contributed by atoms with Crippen molar-refractivity contribution in [2.24, 2.45) is 0 Å². The van der Waals surface area contributed by atoms with E-state index in [1.165, 1.54) is 19.4 Å². The number of rotatable bonds is 3. The number of hydrogen-bond acceptors (Lipinski definition) is 3. The molecule has 0 unspecified atom stereocenters. The van der Waals surface area contributed by atoms with Crippen LogP contribution in [0.4, 0.5) is 0 Å². The van der Waals surface area contributed by atoms with Crippen LogP contribution in [0.25, 0.3) is 10.9 Å². The zero-order valence-electron chi connectivity index (χ0n) is 13.5. The van der Waals surface area contributed by atoms with Crippen molar-refractivity contribution in [3.8, 4) is 0 Å². The molecule has 5 heteroatoms. The van der Waals surface area contributed by atoms with Crippen LogP contribution in [0.1, 0.15) is 28.9 Å². The lowest BCUT2D eigenvalue weighted by atomic mass is 10.1. The minimum absolute atomic E-state index is 0.0212. The molecule has 2 N–H and O–H groups in total. The van der Waals surface area contributed by atoms with E-state index in [2.05, 4.69) is 15.2 Å². The summed E-state index contributed by atoms with van der Waals surface area (Å²) in [7, 11) is 0. The van der Waals surface area contributed by atoms with E-state index in [4.69, 9.17) is 4.74 Å². The Morgan fingerprint density at radius 3 is 3.22 bits per heavy atom. The van der Waals surface area contributed by atoms with Crippen LogP contribution in [0.2, 0.25) is 0 Å². The predicted octanol–water partition coefficient (Wildman–Crippen LogP) is 2.07. The number of amides is 1. The smallest absolute Gasteiger partial charge is 0.253 e. The topological polar surface area (TPSA) is 57.4 Å². The van der Waals surface area contributed by atoms with Gasteiger partial charge in [-0.2, -0.15) is 0 Å². The molecule has 1 aromatic carbocycles. The number of nitrogens with one attached hydrogen (secondary N) is 2. The van der Waals surface area contributed by atoms with Crippen molar-refractivity contribution in [2.45, 2.75) is 31.9 Å². The fourth-order valence-electron chi connectivity index (χ4n) is 3.87. The van der Waals surface area contributed by atoms with Gasteiger partial charge in [0.2, 0.25) is 0 Å². The Bertz CT molecular complexity index is 724. The third-order valence-electron chi connectivity index (χ3n) is 5.07. The molecule has 0 spiro atoms. The highest BCUT2D eigenvalue weighted by molar-refractivity contribution is 6.08. The molecule has 122 valence electrons. The van der Waals surface area contributed by atoms with Crippen molar-refractivity contribution in [3.63, 3.8) is 0 Å². The third-order valence-corrected chi connectivity index (χ3v) is 5.07. The van der Waals surface area contributed by atoms with Crippen molar-refractivity contribution in [3.05, 3.63) is 35.5 Å². The number of benzene rings is 1. The van der Waals surface area contributed by atoms with Crippen LogP contribution >= 0.6 is 0 Å². The van der Waals surface area contributed by atoms with Gasteiger partial charge in [0.1, 0.15) is 0 Å². The lowest BCUT2D eigenvalue weighted by Crippen LogP contribution is -2.50. The highest BCUT2D eigenvalue weighted by atomic mass is 16.5. The number of nitrogens with zero attached hydrogens (tertiary/aromatic N) is 1.